The predicted molar refractivity (Wildman–Crippen MR) is 46.8 cm³/mol. The zero-order valence-electron chi connectivity index (χ0n) is 7.81. The quantitative estimate of drug-likeness (QED) is 0.353. The highest BCUT2D eigenvalue weighted by atomic mass is 16.7. The zero-order chi connectivity index (χ0) is 11.0. The largest absolute Gasteiger partial charge is 0.396 e. The number of hydrogen-bond donors (Lipinski definition) is 3. The van der Waals surface area contributed by atoms with Crippen LogP contribution in [0.4, 0.5) is 0 Å². The number of aliphatic hydroxyl groups is 2. The Labute approximate surface area is 81.6 Å². The van der Waals surface area contributed by atoms with Crippen molar-refractivity contribution in [3.63, 3.8) is 0 Å². The molecule has 6 nitrogen and oxygen atoms in total. The highest BCUT2D eigenvalue weighted by molar-refractivity contribution is 5.79. The van der Waals surface area contributed by atoms with E-state index >= 15 is 0 Å². The van der Waals surface area contributed by atoms with Gasteiger partial charge in [0, 0.05) is 19.6 Å². The van der Waals surface area contributed by atoms with Crippen LogP contribution in [0.5, 0.6) is 0 Å². The second-order valence-electron chi connectivity index (χ2n) is 3.00. The lowest BCUT2D eigenvalue weighted by Gasteiger charge is -2.26. The highest BCUT2D eigenvalue weighted by Crippen LogP contribution is 2.30. The fraction of sp³-hybridized carbons (Fsp3) is 0.750. The molecule has 0 aromatic heterocycles. The Balaban J connectivity index is 4.71. The third-order valence-electron chi connectivity index (χ3n) is 2.19. The summed E-state index contributed by atoms with van der Waals surface area (Å²) in [5, 5.41) is 17.5. The van der Waals surface area contributed by atoms with E-state index in [0.717, 1.165) is 0 Å². The van der Waals surface area contributed by atoms with Crippen LogP contribution in [-0.4, -0.2) is 35.7 Å². The molecule has 0 spiro atoms. The van der Waals surface area contributed by atoms with Gasteiger partial charge in [0.1, 0.15) is 6.29 Å². The van der Waals surface area contributed by atoms with Gasteiger partial charge >= 0.3 is 5.97 Å². The van der Waals surface area contributed by atoms with E-state index in [4.69, 9.17) is 16.1 Å². The van der Waals surface area contributed by atoms with Crippen molar-refractivity contribution < 1.29 is 24.6 Å². The van der Waals surface area contributed by atoms with E-state index in [9.17, 15) is 9.59 Å². The summed E-state index contributed by atoms with van der Waals surface area (Å²) in [6, 6.07) is 0. The molecule has 0 aromatic rings. The SMILES string of the molecule is NOC(=O)C(CC=O)(CCO)CCO. The van der Waals surface area contributed by atoms with Gasteiger partial charge in [0.05, 0.1) is 5.41 Å². The van der Waals surface area contributed by atoms with Gasteiger partial charge in [0.25, 0.3) is 0 Å². The lowest BCUT2D eigenvalue weighted by Crippen LogP contribution is -2.37. The van der Waals surface area contributed by atoms with Crippen molar-refractivity contribution in [3.8, 4) is 0 Å². The zero-order valence-corrected chi connectivity index (χ0v) is 7.81. The molecule has 82 valence electrons. The van der Waals surface area contributed by atoms with Gasteiger partial charge in [-0.25, -0.2) is 4.79 Å². The lowest BCUT2D eigenvalue weighted by molar-refractivity contribution is -0.160. The first kappa shape index (κ1) is 13.0. The van der Waals surface area contributed by atoms with Crippen LogP contribution in [0.1, 0.15) is 19.3 Å². The van der Waals surface area contributed by atoms with E-state index in [0.29, 0.717) is 6.29 Å². The summed E-state index contributed by atoms with van der Waals surface area (Å²) in [4.78, 5) is 25.7. The molecule has 0 aliphatic carbocycles. The van der Waals surface area contributed by atoms with E-state index in [1.807, 2.05) is 0 Å². The number of nitrogens with two attached hydrogens (primary N) is 1. The van der Waals surface area contributed by atoms with Crippen molar-refractivity contribution >= 4 is 12.3 Å². The first-order valence-corrected chi connectivity index (χ1v) is 4.23. The lowest BCUT2D eigenvalue weighted by atomic mass is 9.79. The van der Waals surface area contributed by atoms with Gasteiger partial charge in [0.15, 0.2) is 0 Å². The molecule has 6 heteroatoms. The molecule has 4 N–H and O–H groups in total. The molecule has 0 rings (SSSR count). The van der Waals surface area contributed by atoms with Crippen LogP contribution in [0.15, 0.2) is 0 Å². The molecule has 0 aromatic carbocycles. The van der Waals surface area contributed by atoms with Gasteiger partial charge in [-0.2, -0.15) is 5.90 Å². The van der Waals surface area contributed by atoms with Gasteiger partial charge in [-0.3, -0.25) is 0 Å². The summed E-state index contributed by atoms with van der Waals surface area (Å²) >= 11 is 0. The summed E-state index contributed by atoms with van der Waals surface area (Å²) in [7, 11) is 0. The van der Waals surface area contributed by atoms with Gasteiger partial charge < -0.3 is 19.8 Å². The third-order valence-corrected chi connectivity index (χ3v) is 2.19. The second kappa shape index (κ2) is 6.47. The van der Waals surface area contributed by atoms with E-state index in [1.54, 1.807) is 0 Å². The van der Waals surface area contributed by atoms with Gasteiger partial charge in [-0.1, -0.05) is 0 Å². The Morgan fingerprint density at radius 1 is 1.36 bits per heavy atom. The maximum absolute atomic E-state index is 11.3. The van der Waals surface area contributed by atoms with Crippen LogP contribution in [0, 0.1) is 5.41 Å². The van der Waals surface area contributed by atoms with Crippen molar-refractivity contribution in [2.24, 2.45) is 11.3 Å². The number of carbonyl (C=O) groups is 2. The monoisotopic (exact) mass is 205 g/mol. The molecule has 0 aliphatic heterocycles. The van der Waals surface area contributed by atoms with Crippen LogP contribution in [0.2, 0.25) is 0 Å². The normalized spacial score (nSPS) is 11.1. The summed E-state index contributed by atoms with van der Waals surface area (Å²) in [5.74, 6) is 3.94. The molecular weight excluding hydrogens is 190 g/mol. The number of aldehydes is 1. The Hall–Kier alpha value is -0.980. The van der Waals surface area contributed by atoms with Crippen molar-refractivity contribution in [2.75, 3.05) is 13.2 Å². The molecule has 0 unspecified atom stereocenters. The molecule has 0 saturated heterocycles. The number of rotatable bonds is 7. The summed E-state index contributed by atoms with van der Waals surface area (Å²) in [6.07, 6.45) is 0.511. The van der Waals surface area contributed by atoms with Crippen molar-refractivity contribution in [3.05, 3.63) is 0 Å². The van der Waals surface area contributed by atoms with E-state index < -0.39 is 11.4 Å². The average molecular weight is 205 g/mol. The maximum atomic E-state index is 11.3. The first-order chi connectivity index (χ1) is 6.66. The minimum absolute atomic E-state index is 0.0440. The minimum Gasteiger partial charge on any atom is -0.396 e. The van der Waals surface area contributed by atoms with Gasteiger partial charge in [0.2, 0.25) is 0 Å². The van der Waals surface area contributed by atoms with Gasteiger partial charge in [-0.05, 0) is 12.8 Å². The molecule has 0 bridgehead atoms. The molecule has 0 heterocycles. The van der Waals surface area contributed by atoms with Crippen LogP contribution >= 0.6 is 0 Å². The number of aliphatic hydroxyl groups excluding tert-OH is 2. The maximum Gasteiger partial charge on any atom is 0.331 e. The molecular formula is C8H15NO5. The van der Waals surface area contributed by atoms with Crippen LogP contribution in [0.25, 0.3) is 0 Å². The Bertz CT molecular complexity index is 188. The fourth-order valence-corrected chi connectivity index (χ4v) is 1.33. The van der Waals surface area contributed by atoms with Gasteiger partial charge in [-0.15, -0.1) is 0 Å². The molecule has 0 atom stereocenters. The summed E-state index contributed by atoms with van der Waals surface area (Å²) in [5.41, 5.74) is -1.19. The molecule has 0 saturated carbocycles. The number of hydrogen-bond acceptors (Lipinski definition) is 6. The van der Waals surface area contributed by atoms with Crippen LogP contribution in [0.3, 0.4) is 0 Å². The Kier molecular flexibility index (Phi) is 6.02. The molecule has 0 amide bonds. The predicted octanol–water partition coefficient (Wildman–Crippen LogP) is -1.26. The summed E-state index contributed by atoms with van der Waals surface area (Å²) < 4.78 is 0. The average Bonchev–Trinajstić information content (AvgIpc) is 2.17. The van der Waals surface area contributed by atoms with Crippen molar-refractivity contribution in [2.45, 2.75) is 19.3 Å². The van der Waals surface area contributed by atoms with E-state index in [-0.39, 0.29) is 32.5 Å². The number of carbonyl (C=O) groups excluding carboxylic acids is 2. The standard InChI is InChI=1S/C8H15NO5/c9-14-7(13)8(1-4-10,2-5-11)3-6-12/h4,11-12H,1-3,5-6,9H2. The second-order valence-corrected chi connectivity index (χ2v) is 3.00. The van der Waals surface area contributed by atoms with Crippen molar-refractivity contribution in [1.29, 1.82) is 0 Å². The van der Waals surface area contributed by atoms with Crippen LogP contribution in [-0.2, 0) is 14.4 Å². The molecule has 0 fully saturated rings. The molecule has 14 heavy (non-hydrogen) atoms. The minimum atomic E-state index is -1.19. The topological polar surface area (TPSA) is 110 Å². The molecule has 0 radical (unpaired) electrons. The fourth-order valence-electron chi connectivity index (χ4n) is 1.33. The highest BCUT2D eigenvalue weighted by Gasteiger charge is 2.38. The van der Waals surface area contributed by atoms with E-state index in [2.05, 4.69) is 4.84 Å². The van der Waals surface area contributed by atoms with Crippen molar-refractivity contribution in [1.82, 2.24) is 0 Å². The molecule has 0 aliphatic rings. The Morgan fingerprint density at radius 2 is 1.86 bits per heavy atom. The first-order valence-electron chi connectivity index (χ1n) is 4.23. The Morgan fingerprint density at radius 3 is 2.14 bits per heavy atom. The smallest absolute Gasteiger partial charge is 0.331 e. The van der Waals surface area contributed by atoms with E-state index in [1.165, 1.54) is 0 Å². The third kappa shape index (κ3) is 3.06. The summed E-state index contributed by atoms with van der Waals surface area (Å²) in [6.45, 7) is -0.550. The van der Waals surface area contributed by atoms with Crippen LogP contribution < -0.4 is 5.90 Å².